The zero-order valence-corrected chi connectivity index (χ0v) is 12.4. The number of hydrogen-bond acceptors (Lipinski definition) is 3. The van der Waals surface area contributed by atoms with E-state index in [2.05, 4.69) is 12.2 Å². The highest BCUT2D eigenvalue weighted by atomic mass is 16.5. The molecule has 1 aliphatic heterocycles. The Morgan fingerprint density at radius 3 is 2.90 bits per heavy atom. The van der Waals surface area contributed by atoms with E-state index in [0.29, 0.717) is 6.54 Å². The minimum atomic E-state index is -0.501. The van der Waals surface area contributed by atoms with Crippen LogP contribution in [0.5, 0.6) is 5.75 Å². The Morgan fingerprint density at radius 2 is 2.25 bits per heavy atom. The van der Waals surface area contributed by atoms with Crippen LogP contribution in [-0.4, -0.2) is 31.3 Å². The monoisotopic (exact) mass is 277 g/mol. The number of nitrogens with one attached hydrogen (secondary N) is 1. The van der Waals surface area contributed by atoms with E-state index in [1.165, 1.54) is 5.56 Å². The van der Waals surface area contributed by atoms with Gasteiger partial charge in [0.25, 0.3) is 5.91 Å². The first-order chi connectivity index (χ1) is 9.56. The second-order valence-corrected chi connectivity index (χ2v) is 5.39. The number of rotatable bonds is 5. The maximum Gasteiger partial charge on any atom is 0.260 e. The number of aryl methyl sites for hydroxylation is 2. The third-order valence-electron chi connectivity index (χ3n) is 3.69. The van der Waals surface area contributed by atoms with Crippen LogP contribution in [0.4, 0.5) is 0 Å². The number of carbonyl (C=O) groups excluding carboxylic acids is 1. The fourth-order valence-corrected chi connectivity index (χ4v) is 2.21. The molecule has 4 nitrogen and oxygen atoms in total. The highest BCUT2D eigenvalue weighted by Crippen LogP contribution is 2.17. The van der Waals surface area contributed by atoms with E-state index < -0.39 is 6.10 Å². The Morgan fingerprint density at radius 1 is 1.45 bits per heavy atom. The zero-order chi connectivity index (χ0) is 14.5. The number of hydrogen-bond donors (Lipinski definition) is 1. The third kappa shape index (κ3) is 3.97. The second kappa shape index (κ2) is 6.75. The van der Waals surface area contributed by atoms with E-state index in [0.717, 1.165) is 30.8 Å². The van der Waals surface area contributed by atoms with Gasteiger partial charge < -0.3 is 14.8 Å². The van der Waals surface area contributed by atoms with Crippen molar-refractivity contribution >= 4 is 5.91 Å². The van der Waals surface area contributed by atoms with Gasteiger partial charge in [0.15, 0.2) is 6.10 Å². The first-order valence-electron chi connectivity index (χ1n) is 7.19. The van der Waals surface area contributed by atoms with Crippen molar-refractivity contribution in [3.05, 3.63) is 29.3 Å². The molecule has 2 rings (SSSR count). The van der Waals surface area contributed by atoms with Gasteiger partial charge in [0.1, 0.15) is 5.75 Å². The Bertz CT molecular complexity index is 467. The van der Waals surface area contributed by atoms with Crippen LogP contribution in [0.1, 0.15) is 30.9 Å². The molecule has 1 saturated heterocycles. The van der Waals surface area contributed by atoms with Crippen LogP contribution in [0.15, 0.2) is 18.2 Å². The molecule has 0 bridgehead atoms. The van der Waals surface area contributed by atoms with E-state index in [-0.39, 0.29) is 12.0 Å². The van der Waals surface area contributed by atoms with Crippen molar-refractivity contribution in [2.24, 2.45) is 0 Å². The molecule has 0 spiro atoms. The largest absolute Gasteiger partial charge is 0.481 e. The van der Waals surface area contributed by atoms with Gasteiger partial charge in [-0.1, -0.05) is 6.07 Å². The lowest BCUT2D eigenvalue weighted by Crippen LogP contribution is -2.40. The summed E-state index contributed by atoms with van der Waals surface area (Å²) < 4.78 is 11.1. The molecule has 1 N–H and O–H groups in total. The van der Waals surface area contributed by atoms with Crippen LogP contribution in [0.25, 0.3) is 0 Å². The molecule has 0 aliphatic carbocycles. The van der Waals surface area contributed by atoms with E-state index >= 15 is 0 Å². The molecule has 20 heavy (non-hydrogen) atoms. The summed E-state index contributed by atoms with van der Waals surface area (Å²) in [6, 6.07) is 5.85. The first kappa shape index (κ1) is 14.9. The highest BCUT2D eigenvalue weighted by molar-refractivity contribution is 5.80. The van der Waals surface area contributed by atoms with Crippen molar-refractivity contribution in [2.45, 2.75) is 45.8 Å². The standard InChI is InChI=1S/C16H23NO3/c1-11-6-7-14(9-12(11)2)20-13(3)16(18)17-10-15-5-4-8-19-15/h6-7,9,13,15H,4-5,8,10H2,1-3H3,(H,17,18)/t13-,15-/m1/s1. The summed E-state index contributed by atoms with van der Waals surface area (Å²) in [6.45, 7) is 7.22. The van der Waals surface area contributed by atoms with Gasteiger partial charge in [-0.05, 0) is 56.9 Å². The molecular weight excluding hydrogens is 254 g/mol. The predicted octanol–water partition coefficient (Wildman–Crippen LogP) is 2.37. The van der Waals surface area contributed by atoms with Gasteiger partial charge in [0.05, 0.1) is 6.10 Å². The fourth-order valence-electron chi connectivity index (χ4n) is 2.21. The average Bonchev–Trinajstić information content (AvgIpc) is 2.93. The predicted molar refractivity (Wildman–Crippen MR) is 78.0 cm³/mol. The van der Waals surface area contributed by atoms with Crippen LogP contribution in [0.3, 0.4) is 0 Å². The number of benzene rings is 1. The molecule has 1 fully saturated rings. The molecule has 2 atom stereocenters. The van der Waals surface area contributed by atoms with Crippen molar-refractivity contribution in [1.29, 1.82) is 0 Å². The van der Waals surface area contributed by atoms with Gasteiger partial charge in [-0.2, -0.15) is 0 Å². The summed E-state index contributed by atoms with van der Waals surface area (Å²) in [7, 11) is 0. The lowest BCUT2D eigenvalue weighted by molar-refractivity contribution is -0.127. The molecule has 0 aromatic heterocycles. The molecule has 1 aromatic rings. The minimum absolute atomic E-state index is 0.0984. The Balaban J connectivity index is 1.81. The number of ether oxygens (including phenoxy) is 2. The Kier molecular flexibility index (Phi) is 5.01. The summed E-state index contributed by atoms with van der Waals surface area (Å²) in [5.74, 6) is 0.631. The lowest BCUT2D eigenvalue weighted by Gasteiger charge is -2.17. The molecule has 0 unspecified atom stereocenters. The first-order valence-corrected chi connectivity index (χ1v) is 7.19. The van der Waals surface area contributed by atoms with Crippen LogP contribution in [0.2, 0.25) is 0 Å². The third-order valence-corrected chi connectivity index (χ3v) is 3.69. The van der Waals surface area contributed by atoms with Crippen LogP contribution < -0.4 is 10.1 Å². The van der Waals surface area contributed by atoms with E-state index in [4.69, 9.17) is 9.47 Å². The SMILES string of the molecule is Cc1ccc(O[C@H](C)C(=O)NC[C@H]2CCCO2)cc1C. The smallest absolute Gasteiger partial charge is 0.260 e. The summed E-state index contributed by atoms with van der Waals surface area (Å²) in [4.78, 5) is 12.0. The molecule has 110 valence electrons. The summed E-state index contributed by atoms with van der Waals surface area (Å²) in [5, 5.41) is 2.88. The van der Waals surface area contributed by atoms with Crippen molar-refractivity contribution in [3.63, 3.8) is 0 Å². The molecule has 1 heterocycles. The number of carbonyl (C=O) groups is 1. The minimum Gasteiger partial charge on any atom is -0.481 e. The molecule has 0 saturated carbocycles. The molecule has 0 radical (unpaired) electrons. The van der Waals surface area contributed by atoms with Gasteiger partial charge in [0, 0.05) is 13.2 Å². The second-order valence-electron chi connectivity index (χ2n) is 5.39. The Hall–Kier alpha value is -1.55. The van der Waals surface area contributed by atoms with Crippen molar-refractivity contribution in [3.8, 4) is 5.75 Å². The summed E-state index contributed by atoms with van der Waals surface area (Å²) >= 11 is 0. The normalized spacial score (nSPS) is 19.6. The summed E-state index contributed by atoms with van der Waals surface area (Å²) in [6.07, 6.45) is 1.76. The van der Waals surface area contributed by atoms with Gasteiger partial charge in [-0.25, -0.2) is 0 Å². The van der Waals surface area contributed by atoms with Crippen LogP contribution in [-0.2, 0) is 9.53 Å². The zero-order valence-electron chi connectivity index (χ0n) is 12.4. The van der Waals surface area contributed by atoms with Crippen molar-refractivity contribution in [2.75, 3.05) is 13.2 Å². The van der Waals surface area contributed by atoms with Crippen molar-refractivity contribution in [1.82, 2.24) is 5.32 Å². The van der Waals surface area contributed by atoms with Gasteiger partial charge in [-0.15, -0.1) is 0 Å². The molecular formula is C16H23NO3. The van der Waals surface area contributed by atoms with E-state index in [1.807, 2.05) is 25.1 Å². The molecule has 4 heteroatoms. The van der Waals surface area contributed by atoms with E-state index in [1.54, 1.807) is 6.92 Å². The quantitative estimate of drug-likeness (QED) is 0.899. The Labute approximate surface area is 120 Å². The van der Waals surface area contributed by atoms with Gasteiger partial charge in [-0.3, -0.25) is 4.79 Å². The van der Waals surface area contributed by atoms with Crippen LogP contribution >= 0.6 is 0 Å². The average molecular weight is 277 g/mol. The van der Waals surface area contributed by atoms with Gasteiger partial charge in [0.2, 0.25) is 0 Å². The maximum atomic E-state index is 12.0. The summed E-state index contributed by atoms with van der Waals surface area (Å²) in [5.41, 5.74) is 2.38. The van der Waals surface area contributed by atoms with Crippen LogP contribution in [0, 0.1) is 13.8 Å². The van der Waals surface area contributed by atoms with Gasteiger partial charge >= 0.3 is 0 Å². The maximum absolute atomic E-state index is 12.0. The highest BCUT2D eigenvalue weighted by Gasteiger charge is 2.19. The van der Waals surface area contributed by atoms with E-state index in [9.17, 15) is 4.79 Å². The lowest BCUT2D eigenvalue weighted by atomic mass is 10.1. The topological polar surface area (TPSA) is 47.6 Å². The molecule has 1 aromatic carbocycles. The molecule has 1 amide bonds. The number of amides is 1. The fraction of sp³-hybridized carbons (Fsp3) is 0.562. The molecule has 1 aliphatic rings. The van der Waals surface area contributed by atoms with Crippen molar-refractivity contribution < 1.29 is 14.3 Å².